The van der Waals surface area contributed by atoms with Gasteiger partial charge >= 0.3 is 0 Å². The monoisotopic (exact) mass is 323 g/mol. The molecule has 0 amide bonds. The number of rotatable bonds is 4. The summed E-state index contributed by atoms with van der Waals surface area (Å²) in [7, 11) is 1.63. The number of phenolic OH excluding ortho intramolecular Hbond substituents is 1. The molecule has 0 aliphatic rings. The van der Waals surface area contributed by atoms with Crippen LogP contribution in [-0.2, 0) is 0 Å². The number of methoxy groups -OCH3 is 1. The van der Waals surface area contributed by atoms with Crippen LogP contribution in [-0.4, -0.2) is 18.4 Å². The van der Waals surface area contributed by atoms with Crippen LogP contribution < -0.4 is 4.74 Å². The molecule has 0 aromatic heterocycles. The minimum Gasteiger partial charge on any atom is -0.506 e. The highest BCUT2D eigenvalue weighted by molar-refractivity contribution is 6.36. The van der Waals surface area contributed by atoms with Crippen molar-refractivity contribution in [3.05, 3.63) is 57.6 Å². The average Bonchev–Trinajstić information content (AvgIpc) is 2.49. The highest BCUT2D eigenvalue weighted by atomic mass is 35.5. The van der Waals surface area contributed by atoms with Crippen LogP contribution >= 0.6 is 23.2 Å². The molecule has 3 nitrogen and oxygen atoms in total. The number of benzene rings is 2. The van der Waals surface area contributed by atoms with E-state index in [1.165, 1.54) is 6.07 Å². The minimum absolute atomic E-state index is 0.0215. The molecule has 5 heteroatoms. The summed E-state index contributed by atoms with van der Waals surface area (Å²) in [5, 5.41) is 10.5. The number of halogens is 2. The third-order valence-electron chi connectivity index (χ3n) is 3.09. The van der Waals surface area contributed by atoms with E-state index in [0.717, 1.165) is 11.3 Å². The maximum atomic E-state index is 9.88. The van der Waals surface area contributed by atoms with E-state index in [1.54, 1.807) is 19.4 Å². The topological polar surface area (TPSA) is 41.8 Å². The molecule has 21 heavy (non-hydrogen) atoms. The van der Waals surface area contributed by atoms with E-state index in [0.29, 0.717) is 10.6 Å². The molecule has 1 N–H and O–H groups in total. The van der Waals surface area contributed by atoms with E-state index >= 15 is 0 Å². The average molecular weight is 324 g/mol. The van der Waals surface area contributed by atoms with Crippen LogP contribution in [0.15, 0.2) is 41.4 Å². The molecule has 0 spiro atoms. The zero-order chi connectivity index (χ0) is 15.4. The second-order valence-corrected chi connectivity index (χ2v) is 5.40. The fourth-order valence-electron chi connectivity index (χ4n) is 1.84. The van der Waals surface area contributed by atoms with Gasteiger partial charge in [-0.3, -0.25) is 4.99 Å². The molecule has 2 rings (SSSR count). The van der Waals surface area contributed by atoms with Gasteiger partial charge in [0, 0.05) is 16.8 Å². The normalized spacial score (nSPS) is 12.6. The van der Waals surface area contributed by atoms with Crippen LogP contribution in [0, 0.1) is 0 Å². The van der Waals surface area contributed by atoms with Gasteiger partial charge in [-0.05, 0) is 36.8 Å². The van der Waals surface area contributed by atoms with Crippen molar-refractivity contribution in [3.8, 4) is 11.5 Å². The highest BCUT2D eigenvalue weighted by Gasteiger charge is 2.07. The second kappa shape index (κ2) is 6.83. The van der Waals surface area contributed by atoms with Crippen molar-refractivity contribution >= 4 is 29.4 Å². The van der Waals surface area contributed by atoms with Gasteiger partial charge in [0.15, 0.2) is 0 Å². The van der Waals surface area contributed by atoms with Crippen LogP contribution in [0.2, 0.25) is 10.0 Å². The quantitative estimate of drug-likeness (QED) is 0.814. The summed E-state index contributed by atoms with van der Waals surface area (Å²) in [6.07, 6.45) is 1.57. The molecule has 0 heterocycles. The largest absolute Gasteiger partial charge is 0.506 e. The van der Waals surface area contributed by atoms with Gasteiger partial charge in [-0.1, -0.05) is 35.3 Å². The van der Waals surface area contributed by atoms with Crippen molar-refractivity contribution in [1.29, 1.82) is 0 Å². The summed E-state index contributed by atoms with van der Waals surface area (Å²) in [6, 6.07) is 10.7. The number of aliphatic imine (C=N–C) groups is 1. The van der Waals surface area contributed by atoms with Crippen molar-refractivity contribution in [3.63, 3.8) is 0 Å². The molecule has 0 unspecified atom stereocenters. The van der Waals surface area contributed by atoms with E-state index in [9.17, 15) is 5.11 Å². The van der Waals surface area contributed by atoms with E-state index in [2.05, 4.69) is 4.99 Å². The van der Waals surface area contributed by atoms with Gasteiger partial charge < -0.3 is 9.84 Å². The zero-order valence-electron chi connectivity index (χ0n) is 11.7. The Balaban J connectivity index is 2.20. The summed E-state index contributed by atoms with van der Waals surface area (Å²) in [4.78, 5) is 4.42. The number of ether oxygens (including phenoxy) is 1. The Morgan fingerprint density at radius 3 is 2.48 bits per heavy atom. The molecule has 0 saturated heterocycles. The molecule has 110 valence electrons. The maximum Gasteiger partial charge on any atom is 0.143 e. The van der Waals surface area contributed by atoms with Crippen molar-refractivity contribution in [2.45, 2.75) is 13.0 Å². The summed E-state index contributed by atoms with van der Waals surface area (Å²) in [5.41, 5.74) is 1.53. The fourth-order valence-corrected chi connectivity index (χ4v) is 2.35. The van der Waals surface area contributed by atoms with Crippen LogP contribution in [0.4, 0.5) is 0 Å². The molecule has 0 saturated carbocycles. The Labute approximate surface area is 133 Å². The third kappa shape index (κ3) is 3.90. The number of phenols is 1. The predicted octanol–water partition coefficient (Wildman–Crippen LogP) is 4.89. The first-order valence-electron chi connectivity index (χ1n) is 6.36. The molecule has 2 aromatic carbocycles. The first-order valence-corrected chi connectivity index (χ1v) is 7.12. The van der Waals surface area contributed by atoms with E-state index in [4.69, 9.17) is 27.9 Å². The van der Waals surface area contributed by atoms with Crippen molar-refractivity contribution < 1.29 is 9.84 Å². The van der Waals surface area contributed by atoms with Crippen molar-refractivity contribution in [1.82, 2.24) is 0 Å². The lowest BCUT2D eigenvalue weighted by molar-refractivity contribution is 0.414. The Morgan fingerprint density at radius 2 is 1.86 bits per heavy atom. The zero-order valence-corrected chi connectivity index (χ0v) is 13.2. The van der Waals surface area contributed by atoms with Gasteiger partial charge in [0.05, 0.1) is 18.2 Å². The smallest absolute Gasteiger partial charge is 0.143 e. The molecule has 2 aromatic rings. The number of hydrogen-bond donors (Lipinski definition) is 1. The standard InChI is InChI=1S/C16H15Cl2NO2/c1-10(11-3-5-14(21-2)6-4-11)19-9-12-7-13(17)8-15(18)16(12)20/h3-10,20H,1-2H3/t10-/m1/s1. The first kappa shape index (κ1) is 15.7. The van der Waals surface area contributed by atoms with Crippen LogP contribution in [0.25, 0.3) is 0 Å². The number of nitrogens with zero attached hydrogens (tertiary/aromatic N) is 1. The third-order valence-corrected chi connectivity index (χ3v) is 3.60. The SMILES string of the molecule is COc1ccc([C@@H](C)N=Cc2cc(Cl)cc(Cl)c2O)cc1. The Kier molecular flexibility index (Phi) is 5.10. The Morgan fingerprint density at radius 1 is 1.19 bits per heavy atom. The van der Waals surface area contributed by atoms with Crippen LogP contribution in [0.3, 0.4) is 0 Å². The van der Waals surface area contributed by atoms with Gasteiger partial charge in [-0.15, -0.1) is 0 Å². The molecule has 0 aliphatic carbocycles. The minimum atomic E-state index is -0.0620. The van der Waals surface area contributed by atoms with Gasteiger partial charge in [0.2, 0.25) is 0 Å². The molecule has 0 radical (unpaired) electrons. The summed E-state index contributed by atoms with van der Waals surface area (Å²) < 4.78 is 5.12. The molecule has 0 fully saturated rings. The van der Waals surface area contributed by atoms with E-state index < -0.39 is 0 Å². The number of aromatic hydroxyl groups is 1. The lowest BCUT2D eigenvalue weighted by atomic mass is 10.1. The summed E-state index contributed by atoms with van der Waals surface area (Å²) >= 11 is 11.8. The molecule has 1 atom stereocenters. The summed E-state index contributed by atoms with van der Waals surface area (Å²) in [5.74, 6) is 0.779. The van der Waals surface area contributed by atoms with Gasteiger partial charge in [-0.2, -0.15) is 0 Å². The van der Waals surface area contributed by atoms with Gasteiger partial charge in [-0.25, -0.2) is 0 Å². The molecular weight excluding hydrogens is 309 g/mol. The fraction of sp³-hybridized carbons (Fsp3) is 0.188. The van der Waals surface area contributed by atoms with E-state index in [1.807, 2.05) is 31.2 Å². The lowest BCUT2D eigenvalue weighted by Crippen LogP contribution is -1.92. The molecule has 0 aliphatic heterocycles. The first-order chi connectivity index (χ1) is 10.0. The maximum absolute atomic E-state index is 9.88. The second-order valence-electron chi connectivity index (χ2n) is 4.55. The summed E-state index contributed by atoms with van der Waals surface area (Å²) in [6.45, 7) is 1.96. The van der Waals surface area contributed by atoms with Crippen LogP contribution in [0.1, 0.15) is 24.1 Å². The van der Waals surface area contributed by atoms with E-state index in [-0.39, 0.29) is 16.8 Å². The van der Waals surface area contributed by atoms with Crippen molar-refractivity contribution in [2.24, 2.45) is 4.99 Å². The highest BCUT2D eigenvalue weighted by Crippen LogP contribution is 2.30. The van der Waals surface area contributed by atoms with Gasteiger partial charge in [0.1, 0.15) is 11.5 Å². The van der Waals surface area contributed by atoms with Gasteiger partial charge in [0.25, 0.3) is 0 Å². The van der Waals surface area contributed by atoms with Crippen LogP contribution in [0.5, 0.6) is 11.5 Å². The number of hydrogen-bond acceptors (Lipinski definition) is 3. The Bertz CT molecular complexity index is 654. The predicted molar refractivity (Wildman–Crippen MR) is 87.1 cm³/mol. The molecule has 0 bridgehead atoms. The molecular formula is C16H15Cl2NO2. The Hall–Kier alpha value is -1.71. The van der Waals surface area contributed by atoms with Crippen molar-refractivity contribution in [2.75, 3.05) is 7.11 Å². The lowest BCUT2D eigenvalue weighted by Gasteiger charge is -2.08.